The summed E-state index contributed by atoms with van der Waals surface area (Å²) in [7, 11) is 0. The van der Waals surface area contributed by atoms with E-state index >= 15 is 0 Å². The van der Waals surface area contributed by atoms with Gasteiger partial charge in [0.15, 0.2) is 5.82 Å². The lowest BCUT2D eigenvalue weighted by molar-refractivity contribution is -0.274. The number of ether oxygens (including phenoxy) is 1. The normalized spacial score (nSPS) is 11.2. The fourth-order valence-corrected chi connectivity index (χ4v) is 2.79. The Balaban J connectivity index is 1.56. The molecule has 0 aliphatic rings. The first kappa shape index (κ1) is 19.5. The zero-order chi connectivity index (χ0) is 20.1. The summed E-state index contributed by atoms with van der Waals surface area (Å²) >= 11 is 1.06. The van der Waals surface area contributed by atoms with Crippen molar-refractivity contribution in [3.05, 3.63) is 48.8 Å². The molecule has 3 rings (SSSR count). The molecule has 3 aromatic rings. The molecule has 0 saturated carbocycles. The highest BCUT2D eigenvalue weighted by Crippen LogP contribution is 2.24. The molecule has 2 heterocycles. The maximum atomic E-state index is 12.1. The fraction of sp³-hybridized carbons (Fsp3) is 0.125. The highest BCUT2D eigenvalue weighted by atomic mass is 32.2. The Morgan fingerprint density at radius 2 is 1.96 bits per heavy atom. The van der Waals surface area contributed by atoms with Crippen LogP contribution in [0.25, 0.3) is 11.4 Å². The lowest BCUT2D eigenvalue weighted by Crippen LogP contribution is -2.17. The lowest BCUT2D eigenvalue weighted by atomic mass is 10.3. The number of alkyl halides is 3. The van der Waals surface area contributed by atoms with Crippen molar-refractivity contribution in [3.63, 3.8) is 0 Å². The maximum absolute atomic E-state index is 12.1. The quantitative estimate of drug-likeness (QED) is 0.475. The molecule has 1 amide bonds. The molecule has 2 aromatic heterocycles. The molecular weight excluding hydrogens is 397 g/mol. The van der Waals surface area contributed by atoms with E-state index in [4.69, 9.17) is 5.84 Å². The number of hydrogen-bond acceptors (Lipinski definition) is 7. The van der Waals surface area contributed by atoms with Crippen molar-refractivity contribution in [2.45, 2.75) is 11.5 Å². The number of nitrogens with one attached hydrogen (secondary N) is 1. The summed E-state index contributed by atoms with van der Waals surface area (Å²) in [5, 5.41) is 10.8. The molecule has 0 aliphatic heterocycles. The predicted octanol–water partition coefficient (Wildman–Crippen LogP) is 2.68. The zero-order valence-electron chi connectivity index (χ0n) is 14.1. The second-order valence-electron chi connectivity index (χ2n) is 5.33. The molecule has 0 aliphatic carbocycles. The van der Waals surface area contributed by atoms with E-state index in [1.165, 1.54) is 16.8 Å². The Bertz CT molecular complexity index is 947. The number of anilines is 1. The van der Waals surface area contributed by atoms with Gasteiger partial charge in [0.1, 0.15) is 5.75 Å². The van der Waals surface area contributed by atoms with Crippen LogP contribution in [0.1, 0.15) is 0 Å². The predicted molar refractivity (Wildman–Crippen MR) is 95.9 cm³/mol. The molecule has 3 N–H and O–H groups in total. The number of nitrogens with two attached hydrogens (primary N) is 1. The van der Waals surface area contributed by atoms with Gasteiger partial charge < -0.3 is 15.9 Å². The molecule has 1 aromatic carbocycles. The first-order valence-corrected chi connectivity index (χ1v) is 8.70. The highest BCUT2D eigenvalue weighted by molar-refractivity contribution is 7.99. The van der Waals surface area contributed by atoms with E-state index < -0.39 is 6.36 Å². The van der Waals surface area contributed by atoms with Crippen LogP contribution >= 0.6 is 11.8 Å². The summed E-state index contributed by atoms with van der Waals surface area (Å²) in [6.45, 7) is 0. The smallest absolute Gasteiger partial charge is 0.406 e. The van der Waals surface area contributed by atoms with Gasteiger partial charge in [0.05, 0.1) is 5.75 Å². The summed E-state index contributed by atoms with van der Waals surface area (Å²) in [6.07, 6.45) is -1.57. The van der Waals surface area contributed by atoms with Gasteiger partial charge >= 0.3 is 6.36 Å². The summed E-state index contributed by atoms with van der Waals surface area (Å²) in [4.78, 5) is 16.0. The topological polar surface area (TPSA) is 108 Å². The van der Waals surface area contributed by atoms with Gasteiger partial charge in [-0.25, -0.2) is 4.68 Å². The molecule has 0 radical (unpaired) electrons. The second-order valence-corrected chi connectivity index (χ2v) is 6.27. The minimum Gasteiger partial charge on any atom is -0.406 e. The molecule has 28 heavy (non-hydrogen) atoms. The Morgan fingerprint density at radius 3 is 2.61 bits per heavy atom. The number of pyridine rings is 1. The van der Waals surface area contributed by atoms with Crippen LogP contribution in [-0.4, -0.2) is 37.9 Å². The number of carbonyl (C=O) groups is 1. The van der Waals surface area contributed by atoms with Gasteiger partial charge in [-0.1, -0.05) is 11.8 Å². The third-order valence-corrected chi connectivity index (χ3v) is 4.23. The van der Waals surface area contributed by atoms with Crippen molar-refractivity contribution in [1.82, 2.24) is 19.9 Å². The Kier molecular flexibility index (Phi) is 5.68. The van der Waals surface area contributed by atoms with Crippen LogP contribution < -0.4 is 15.9 Å². The van der Waals surface area contributed by atoms with E-state index in [0.717, 1.165) is 23.9 Å². The molecule has 0 bridgehead atoms. The molecule has 146 valence electrons. The maximum Gasteiger partial charge on any atom is 0.573 e. The molecule has 0 spiro atoms. The van der Waals surface area contributed by atoms with E-state index in [1.54, 1.807) is 24.5 Å². The van der Waals surface area contributed by atoms with E-state index in [0.29, 0.717) is 22.2 Å². The summed E-state index contributed by atoms with van der Waals surface area (Å²) in [6, 6.07) is 8.31. The van der Waals surface area contributed by atoms with Crippen LogP contribution in [0.15, 0.2) is 53.9 Å². The van der Waals surface area contributed by atoms with E-state index in [-0.39, 0.29) is 17.4 Å². The SMILES string of the molecule is Nn1c(SCC(=O)Nc2ccc(OC(F)(F)F)cc2)nnc1-c1cccnc1. The molecule has 12 heteroatoms. The highest BCUT2D eigenvalue weighted by Gasteiger charge is 2.30. The third-order valence-electron chi connectivity index (χ3n) is 3.29. The van der Waals surface area contributed by atoms with Crippen molar-refractivity contribution in [2.24, 2.45) is 0 Å². The van der Waals surface area contributed by atoms with Crippen molar-refractivity contribution in [1.29, 1.82) is 0 Å². The van der Waals surface area contributed by atoms with Crippen LogP contribution in [0.5, 0.6) is 5.75 Å². The minimum atomic E-state index is -4.77. The van der Waals surface area contributed by atoms with Crippen molar-refractivity contribution < 1.29 is 22.7 Å². The van der Waals surface area contributed by atoms with Crippen LogP contribution in [0.3, 0.4) is 0 Å². The number of rotatable bonds is 6. The molecule has 0 fully saturated rings. The van der Waals surface area contributed by atoms with Gasteiger partial charge in [-0.2, -0.15) is 0 Å². The Hall–Kier alpha value is -3.28. The summed E-state index contributed by atoms with van der Waals surface area (Å²) in [5.74, 6) is 5.56. The molecule has 0 unspecified atom stereocenters. The fourth-order valence-electron chi connectivity index (χ4n) is 2.13. The van der Waals surface area contributed by atoms with Gasteiger partial charge in [0.25, 0.3) is 0 Å². The van der Waals surface area contributed by atoms with Crippen molar-refractivity contribution in [2.75, 3.05) is 16.9 Å². The van der Waals surface area contributed by atoms with Gasteiger partial charge in [0.2, 0.25) is 11.1 Å². The average Bonchev–Trinajstić information content (AvgIpc) is 3.02. The van der Waals surface area contributed by atoms with Gasteiger partial charge in [-0.15, -0.1) is 23.4 Å². The first-order valence-electron chi connectivity index (χ1n) is 7.71. The minimum absolute atomic E-state index is 0.0246. The van der Waals surface area contributed by atoms with Crippen molar-refractivity contribution in [3.8, 4) is 17.1 Å². The summed E-state index contributed by atoms with van der Waals surface area (Å²) < 4.78 is 41.4. The third kappa shape index (κ3) is 5.13. The van der Waals surface area contributed by atoms with Gasteiger partial charge in [0, 0.05) is 23.6 Å². The zero-order valence-corrected chi connectivity index (χ0v) is 14.9. The van der Waals surface area contributed by atoms with Crippen LogP contribution in [0.2, 0.25) is 0 Å². The molecular formula is C16H13F3N6O2S. The van der Waals surface area contributed by atoms with E-state index in [9.17, 15) is 18.0 Å². The number of thioether (sulfide) groups is 1. The first-order chi connectivity index (χ1) is 13.3. The molecule has 0 saturated heterocycles. The molecule has 0 atom stereocenters. The Labute approximate surface area is 160 Å². The van der Waals surface area contributed by atoms with Crippen molar-refractivity contribution >= 4 is 23.4 Å². The lowest BCUT2D eigenvalue weighted by Gasteiger charge is -2.10. The Morgan fingerprint density at radius 1 is 1.21 bits per heavy atom. The average molecular weight is 410 g/mol. The van der Waals surface area contributed by atoms with Gasteiger partial charge in [-0.05, 0) is 36.4 Å². The van der Waals surface area contributed by atoms with Gasteiger partial charge in [-0.3, -0.25) is 9.78 Å². The number of aromatic nitrogens is 4. The second kappa shape index (κ2) is 8.17. The van der Waals surface area contributed by atoms with Crippen LogP contribution in [0, 0.1) is 0 Å². The number of amides is 1. The number of nitrogen functional groups attached to an aromatic ring is 1. The number of nitrogens with zero attached hydrogens (tertiary/aromatic N) is 4. The molecule has 8 nitrogen and oxygen atoms in total. The number of carbonyl (C=O) groups excluding carboxylic acids is 1. The number of benzene rings is 1. The number of hydrogen-bond donors (Lipinski definition) is 2. The monoisotopic (exact) mass is 410 g/mol. The summed E-state index contributed by atoms with van der Waals surface area (Å²) in [5.41, 5.74) is 1.00. The van der Waals surface area contributed by atoms with Crippen LogP contribution in [0.4, 0.5) is 18.9 Å². The largest absolute Gasteiger partial charge is 0.573 e. The van der Waals surface area contributed by atoms with Crippen LogP contribution in [-0.2, 0) is 4.79 Å². The van der Waals surface area contributed by atoms with E-state index in [2.05, 4.69) is 25.2 Å². The van der Waals surface area contributed by atoms with E-state index in [1.807, 2.05) is 0 Å². The standard InChI is InChI=1S/C16H13F3N6O2S/c17-16(18,19)27-12-5-3-11(4-6-12)22-13(26)9-28-15-24-23-14(25(15)20)10-2-1-7-21-8-10/h1-8H,9,20H2,(H,22,26). The number of halogens is 3.